The number of nitrogens with one attached hydrogen (secondary N) is 4. The van der Waals surface area contributed by atoms with Crippen molar-refractivity contribution in [3.8, 4) is 0 Å². The van der Waals surface area contributed by atoms with Gasteiger partial charge in [-0.15, -0.1) is 0 Å². The number of aromatic nitrogens is 2. The highest BCUT2D eigenvalue weighted by atomic mass is 32.2. The highest BCUT2D eigenvalue weighted by Gasteiger charge is 2.18. The largest absolute Gasteiger partial charge is 0.468 e. The number of aryl methyl sites for hydroxylation is 1. The summed E-state index contributed by atoms with van der Waals surface area (Å²) in [5.74, 6) is 0.00895. The van der Waals surface area contributed by atoms with Crippen LogP contribution in [0, 0.1) is 6.92 Å². The molecule has 4 aromatic rings. The number of carbonyl (C=O) groups is 1. The second kappa shape index (κ2) is 7.65. The number of sulfonamides is 1. The highest BCUT2D eigenvalue weighted by molar-refractivity contribution is 7.89. The third-order valence-corrected chi connectivity index (χ3v) is 5.95. The Morgan fingerprint density at radius 3 is 2.63 bits per heavy atom. The molecule has 2 heterocycles. The molecule has 30 heavy (non-hydrogen) atoms. The molecular formula is C20H18N4O5S. The number of hydrogen-bond donors (Lipinski definition) is 4. The van der Waals surface area contributed by atoms with E-state index in [0.717, 1.165) is 0 Å². The predicted octanol–water partition coefficient (Wildman–Crippen LogP) is 2.49. The Balaban J connectivity index is 1.56. The van der Waals surface area contributed by atoms with Crippen molar-refractivity contribution in [2.75, 3.05) is 5.32 Å². The molecule has 4 rings (SSSR count). The quantitative estimate of drug-likeness (QED) is 0.375. The van der Waals surface area contributed by atoms with Gasteiger partial charge in [-0.05, 0) is 55.0 Å². The lowest BCUT2D eigenvalue weighted by molar-refractivity contribution is 0.102. The van der Waals surface area contributed by atoms with Gasteiger partial charge in [-0.1, -0.05) is 6.07 Å². The van der Waals surface area contributed by atoms with E-state index in [4.69, 9.17) is 4.42 Å². The first-order valence-electron chi connectivity index (χ1n) is 8.98. The Kier molecular flexibility index (Phi) is 5.02. The monoisotopic (exact) mass is 426 g/mol. The van der Waals surface area contributed by atoms with Gasteiger partial charge in [0.05, 0.1) is 28.7 Å². The maximum atomic E-state index is 12.8. The Bertz CT molecular complexity index is 1380. The van der Waals surface area contributed by atoms with Crippen LogP contribution in [-0.4, -0.2) is 24.3 Å². The van der Waals surface area contributed by atoms with E-state index < -0.39 is 15.9 Å². The molecule has 4 N–H and O–H groups in total. The third kappa shape index (κ3) is 4.04. The van der Waals surface area contributed by atoms with Gasteiger partial charge in [0.25, 0.3) is 5.91 Å². The van der Waals surface area contributed by atoms with Crippen molar-refractivity contribution < 1.29 is 17.6 Å². The van der Waals surface area contributed by atoms with Crippen LogP contribution >= 0.6 is 0 Å². The van der Waals surface area contributed by atoms with E-state index in [2.05, 4.69) is 20.0 Å². The fourth-order valence-corrected chi connectivity index (χ4v) is 4.00. The van der Waals surface area contributed by atoms with Gasteiger partial charge in [-0.25, -0.2) is 17.9 Å². The summed E-state index contributed by atoms with van der Waals surface area (Å²) in [6, 6.07) is 12.6. The van der Waals surface area contributed by atoms with Crippen LogP contribution in [0.1, 0.15) is 21.7 Å². The SMILES string of the molecule is Cc1ccc(S(=O)(=O)NCc2ccco2)cc1C(=O)Nc1ccc2[nH]c(=O)[nH]c2c1. The summed E-state index contributed by atoms with van der Waals surface area (Å²) in [6.45, 7) is 1.72. The molecule has 9 nitrogen and oxygen atoms in total. The molecule has 10 heteroatoms. The second-order valence-corrected chi connectivity index (χ2v) is 8.44. The number of carbonyl (C=O) groups excluding carboxylic acids is 1. The maximum Gasteiger partial charge on any atom is 0.323 e. The zero-order chi connectivity index (χ0) is 21.3. The first-order valence-corrected chi connectivity index (χ1v) is 10.5. The van der Waals surface area contributed by atoms with Crippen LogP contribution in [0.4, 0.5) is 5.69 Å². The average Bonchev–Trinajstić information content (AvgIpc) is 3.34. The Hall–Kier alpha value is -3.63. The van der Waals surface area contributed by atoms with Gasteiger partial charge in [0, 0.05) is 11.3 Å². The number of rotatable bonds is 6. The summed E-state index contributed by atoms with van der Waals surface area (Å²) in [5, 5.41) is 2.73. The molecule has 0 radical (unpaired) electrons. The summed E-state index contributed by atoms with van der Waals surface area (Å²) in [5.41, 5.74) is 2.13. The molecule has 0 aliphatic rings. The van der Waals surface area contributed by atoms with Crippen LogP contribution in [-0.2, 0) is 16.6 Å². The first-order chi connectivity index (χ1) is 14.3. The number of imidazole rings is 1. The fourth-order valence-electron chi connectivity index (χ4n) is 2.98. The van der Waals surface area contributed by atoms with Crippen molar-refractivity contribution in [3.63, 3.8) is 0 Å². The van der Waals surface area contributed by atoms with Crippen molar-refractivity contribution in [1.29, 1.82) is 0 Å². The van der Waals surface area contributed by atoms with Crippen LogP contribution in [0.15, 0.2) is 68.9 Å². The van der Waals surface area contributed by atoms with Gasteiger partial charge in [0.2, 0.25) is 10.0 Å². The van der Waals surface area contributed by atoms with Crippen LogP contribution in [0.5, 0.6) is 0 Å². The van der Waals surface area contributed by atoms with E-state index in [0.29, 0.717) is 28.0 Å². The molecule has 0 unspecified atom stereocenters. The van der Waals surface area contributed by atoms with Gasteiger partial charge in [-0.2, -0.15) is 0 Å². The van der Waals surface area contributed by atoms with E-state index in [1.54, 1.807) is 43.3 Å². The summed E-state index contributed by atoms with van der Waals surface area (Å²) < 4.78 is 32.8. The van der Waals surface area contributed by atoms with Crippen LogP contribution < -0.4 is 15.7 Å². The normalized spacial score (nSPS) is 11.6. The number of amides is 1. The lowest BCUT2D eigenvalue weighted by Gasteiger charge is -2.11. The number of benzene rings is 2. The van der Waals surface area contributed by atoms with Crippen LogP contribution in [0.25, 0.3) is 11.0 Å². The van der Waals surface area contributed by atoms with Crippen molar-refractivity contribution in [1.82, 2.24) is 14.7 Å². The van der Waals surface area contributed by atoms with Crippen molar-refractivity contribution in [2.24, 2.45) is 0 Å². The van der Waals surface area contributed by atoms with Gasteiger partial charge in [0.1, 0.15) is 5.76 Å². The number of aromatic amines is 2. The lowest BCUT2D eigenvalue weighted by atomic mass is 10.1. The molecule has 2 aromatic heterocycles. The van der Waals surface area contributed by atoms with Crippen LogP contribution in [0.3, 0.4) is 0 Å². The number of hydrogen-bond acceptors (Lipinski definition) is 5. The smallest absolute Gasteiger partial charge is 0.323 e. The van der Waals surface area contributed by atoms with E-state index in [1.807, 2.05) is 0 Å². The molecule has 0 aliphatic carbocycles. The molecule has 1 amide bonds. The molecule has 154 valence electrons. The summed E-state index contributed by atoms with van der Waals surface area (Å²) in [6.07, 6.45) is 1.46. The third-order valence-electron chi connectivity index (χ3n) is 4.55. The minimum absolute atomic E-state index is 0.000376. The first kappa shape index (κ1) is 19.7. The van der Waals surface area contributed by atoms with Gasteiger partial charge >= 0.3 is 5.69 Å². The van der Waals surface area contributed by atoms with Crippen LogP contribution in [0.2, 0.25) is 0 Å². The molecule has 0 aliphatic heterocycles. The topological polar surface area (TPSA) is 137 Å². The summed E-state index contributed by atoms with van der Waals surface area (Å²) in [4.78, 5) is 29.4. The molecule has 0 saturated heterocycles. The maximum absolute atomic E-state index is 12.8. The van der Waals surface area contributed by atoms with Crippen molar-refractivity contribution in [2.45, 2.75) is 18.4 Å². The fraction of sp³-hybridized carbons (Fsp3) is 0.100. The number of fused-ring (bicyclic) bond motifs is 1. The number of H-pyrrole nitrogens is 2. The van der Waals surface area contributed by atoms with Crippen molar-refractivity contribution >= 4 is 32.7 Å². The number of furan rings is 1. The van der Waals surface area contributed by atoms with Gasteiger partial charge in [0.15, 0.2) is 0 Å². The molecule has 0 atom stereocenters. The standard InChI is InChI=1S/C20H18N4O5S/c1-12-4-6-15(30(27,28)21-11-14-3-2-8-29-14)10-16(12)19(25)22-13-5-7-17-18(9-13)24-20(26)23-17/h2-10,21H,11H2,1H3,(H,22,25)(H2,23,24,26). The highest BCUT2D eigenvalue weighted by Crippen LogP contribution is 2.19. The molecule has 0 fully saturated rings. The van der Waals surface area contributed by atoms with Gasteiger partial charge in [-0.3, -0.25) is 4.79 Å². The Morgan fingerprint density at radius 1 is 1.07 bits per heavy atom. The zero-order valence-electron chi connectivity index (χ0n) is 15.9. The molecule has 0 spiro atoms. The molecule has 0 saturated carbocycles. The summed E-state index contributed by atoms with van der Waals surface area (Å²) in [7, 11) is -3.84. The Labute approximate surface area is 171 Å². The number of anilines is 1. The minimum Gasteiger partial charge on any atom is -0.468 e. The summed E-state index contributed by atoms with van der Waals surface area (Å²) >= 11 is 0. The Morgan fingerprint density at radius 2 is 1.87 bits per heavy atom. The van der Waals surface area contributed by atoms with E-state index in [9.17, 15) is 18.0 Å². The average molecular weight is 426 g/mol. The van der Waals surface area contributed by atoms with E-state index >= 15 is 0 Å². The minimum atomic E-state index is -3.84. The second-order valence-electron chi connectivity index (χ2n) is 6.67. The van der Waals surface area contributed by atoms with E-state index in [1.165, 1.54) is 18.4 Å². The predicted molar refractivity (Wildman–Crippen MR) is 111 cm³/mol. The van der Waals surface area contributed by atoms with Crippen molar-refractivity contribution in [3.05, 3.63) is 82.2 Å². The van der Waals surface area contributed by atoms with E-state index in [-0.39, 0.29) is 22.7 Å². The lowest BCUT2D eigenvalue weighted by Crippen LogP contribution is -2.24. The molecular weight excluding hydrogens is 408 g/mol. The van der Waals surface area contributed by atoms with Gasteiger partial charge < -0.3 is 19.7 Å². The zero-order valence-corrected chi connectivity index (χ0v) is 16.7. The molecule has 2 aromatic carbocycles. The molecule has 0 bridgehead atoms.